The molecular formula is C18H23N3O7. The van der Waals surface area contributed by atoms with E-state index in [1.165, 1.54) is 19.2 Å². The molecule has 1 aliphatic carbocycles. The number of nitro benzene ring substituents is 1. The second-order valence-electron chi connectivity index (χ2n) is 6.61. The van der Waals surface area contributed by atoms with Crippen molar-refractivity contribution in [3.8, 4) is 5.75 Å². The summed E-state index contributed by atoms with van der Waals surface area (Å²) in [6, 6.07) is 2.79. The Morgan fingerprint density at radius 3 is 2.61 bits per heavy atom. The van der Waals surface area contributed by atoms with Gasteiger partial charge in [0.1, 0.15) is 11.3 Å². The van der Waals surface area contributed by atoms with Gasteiger partial charge in [0, 0.05) is 18.2 Å². The zero-order chi connectivity index (χ0) is 20.7. The van der Waals surface area contributed by atoms with Crippen LogP contribution in [0.25, 0.3) is 0 Å². The van der Waals surface area contributed by atoms with Crippen LogP contribution in [0.15, 0.2) is 18.2 Å². The minimum atomic E-state index is -0.975. The van der Waals surface area contributed by atoms with E-state index in [4.69, 9.17) is 9.47 Å². The first-order valence-electron chi connectivity index (χ1n) is 8.91. The van der Waals surface area contributed by atoms with E-state index < -0.39 is 29.4 Å². The first kappa shape index (κ1) is 21.1. The molecule has 1 saturated carbocycles. The number of imide groups is 1. The molecule has 0 saturated heterocycles. The molecule has 2 unspecified atom stereocenters. The van der Waals surface area contributed by atoms with Crippen molar-refractivity contribution in [2.45, 2.75) is 38.6 Å². The Labute approximate surface area is 161 Å². The molecule has 2 N–H and O–H groups in total. The summed E-state index contributed by atoms with van der Waals surface area (Å²) >= 11 is 0. The first-order chi connectivity index (χ1) is 13.3. The number of non-ortho nitro benzene ring substituents is 1. The second-order valence-corrected chi connectivity index (χ2v) is 6.61. The van der Waals surface area contributed by atoms with Gasteiger partial charge >= 0.3 is 12.0 Å². The van der Waals surface area contributed by atoms with E-state index in [0.717, 1.165) is 31.7 Å². The lowest BCUT2D eigenvalue weighted by molar-refractivity contribution is -0.384. The average Bonchev–Trinajstić information content (AvgIpc) is 2.67. The smallest absolute Gasteiger partial charge is 0.342 e. The molecule has 10 nitrogen and oxygen atoms in total. The van der Waals surface area contributed by atoms with E-state index in [0.29, 0.717) is 5.92 Å². The number of nitro groups is 1. The Kier molecular flexibility index (Phi) is 7.30. The van der Waals surface area contributed by atoms with Gasteiger partial charge in [0.2, 0.25) is 0 Å². The lowest BCUT2D eigenvalue weighted by Crippen LogP contribution is -2.48. The van der Waals surface area contributed by atoms with Gasteiger partial charge in [0.15, 0.2) is 6.61 Å². The summed E-state index contributed by atoms with van der Waals surface area (Å²) in [4.78, 5) is 46.1. The Morgan fingerprint density at radius 2 is 1.96 bits per heavy atom. The van der Waals surface area contributed by atoms with Crippen molar-refractivity contribution in [2.24, 2.45) is 5.92 Å². The van der Waals surface area contributed by atoms with Crippen LogP contribution in [0.2, 0.25) is 0 Å². The fourth-order valence-electron chi connectivity index (χ4n) is 3.08. The topological polar surface area (TPSA) is 137 Å². The SMILES string of the molecule is COc1ccc([N+](=O)[O-])cc1C(=O)OCC(=O)NC(=O)NC1CCCCC1C. The van der Waals surface area contributed by atoms with Crippen molar-refractivity contribution in [3.05, 3.63) is 33.9 Å². The van der Waals surface area contributed by atoms with Crippen LogP contribution in [0.3, 0.4) is 0 Å². The number of urea groups is 1. The van der Waals surface area contributed by atoms with Gasteiger partial charge in [-0.15, -0.1) is 0 Å². The highest BCUT2D eigenvalue weighted by Gasteiger charge is 2.24. The van der Waals surface area contributed by atoms with Crippen LogP contribution in [-0.4, -0.2) is 42.6 Å². The van der Waals surface area contributed by atoms with Crippen LogP contribution in [0.1, 0.15) is 43.0 Å². The molecule has 1 aromatic carbocycles. The molecule has 28 heavy (non-hydrogen) atoms. The van der Waals surface area contributed by atoms with E-state index >= 15 is 0 Å². The van der Waals surface area contributed by atoms with Crippen LogP contribution in [0, 0.1) is 16.0 Å². The van der Waals surface area contributed by atoms with Crippen LogP contribution < -0.4 is 15.4 Å². The minimum Gasteiger partial charge on any atom is -0.496 e. The number of esters is 1. The van der Waals surface area contributed by atoms with Gasteiger partial charge in [-0.2, -0.15) is 0 Å². The number of hydrogen-bond donors (Lipinski definition) is 2. The fourth-order valence-corrected chi connectivity index (χ4v) is 3.08. The lowest BCUT2D eigenvalue weighted by Gasteiger charge is -2.29. The minimum absolute atomic E-state index is 0.00164. The first-order valence-corrected chi connectivity index (χ1v) is 8.91. The van der Waals surface area contributed by atoms with Gasteiger partial charge in [-0.1, -0.05) is 19.8 Å². The number of ether oxygens (including phenoxy) is 2. The number of nitrogens with one attached hydrogen (secondary N) is 2. The predicted molar refractivity (Wildman–Crippen MR) is 98.0 cm³/mol. The summed E-state index contributed by atoms with van der Waals surface area (Å²) in [6.07, 6.45) is 4.01. The van der Waals surface area contributed by atoms with Gasteiger partial charge in [-0.25, -0.2) is 9.59 Å². The van der Waals surface area contributed by atoms with Crippen molar-refractivity contribution in [3.63, 3.8) is 0 Å². The molecule has 0 spiro atoms. The number of carbonyl (C=O) groups excluding carboxylic acids is 3. The third kappa shape index (κ3) is 5.66. The average molecular weight is 393 g/mol. The summed E-state index contributed by atoms with van der Waals surface area (Å²) in [5.41, 5.74) is -0.511. The molecule has 0 bridgehead atoms. The monoisotopic (exact) mass is 393 g/mol. The molecule has 1 aromatic rings. The number of hydrogen-bond acceptors (Lipinski definition) is 7. The largest absolute Gasteiger partial charge is 0.496 e. The van der Waals surface area contributed by atoms with Crippen molar-refractivity contribution in [2.75, 3.05) is 13.7 Å². The van der Waals surface area contributed by atoms with Crippen LogP contribution in [-0.2, 0) is 9.53 Å². The molecule has 2 rings (SSSR count). The maximum atomic E-state index is 12.1. The maximum Gasteiger partial charge on any atom is 0.342 e. The van der Waals surface area contributed by atoms with Gasteiger partial charge in [-0.05, 0) is 24.8 Å². The van der Waals surface area contributed by atoms with E-state index in [9.17, 15) is 24.5 Å². The zero-order valence-electron chi connectivity index (χ0n) is 15.7. The van der Waals surface area contributed by atoms with Crippen molar-refractivity contribution in [1.29, 1.82) is 0 Å². The molecule has 0 radical (unpaired) electrons. The maximum absolute atomic E-state index is 12.1. The number of rotatable bonds is 6. The zero-order valence-corrected chi connectivity index (χ0v) is 15.7. The Morgan fingerprint density at radius 1 is 1.25 bits per heavy atom. The molecular weight excluding hydrogens is 370 g/mol. The quantitative estimate of drug-likeness (QED) is 0.429. The van der Waals surface area contributed by atoms with Crippen LogP contribution >= 0.6 is 0 Å². The molecule has 1 fully saturated rings. The Hall–Kier alpha value is -3.17. The van der Waals surface area contributed by atoms with Crippen molar-refractivity contribution < 1.29 is 28.8 Å². The van der Waals surface area contributed by atoms with E-state index in [-0.39, 0.29) is 23.0 Å². The summed E-state index contributed by atoms with van der Waals surface area (Å²) in [6.45, 7) is 1.33. The van der Waals surface area contributed by atoms with E-state index in [1.807, 2.05) is 6.92 Å². The molecule has 0 aromatic heterocycles. The summed E-state index contributed by atoms with van der Waals surface area (Å²) < 4.78 is 9.82. The molecule has 3 amide bonds. The van der Waals surface area contributed by atoms with Crippen molar-refractivity contribution in [1.82, 2.24) is 10.6 Å². The highest BCUT2D eigenvalue weighted by atomic mass is 16.6. The predicted octanol–water partition coefficient (Wildman–Crippen LogP) is 2.16. The Balaban J connectivity index is 1.88. The molecule has 0 aliphatic heterocycles. The number of amides is 3. The summed E-state index contributed by atoms with van der Waals surface area (Å²) in [5.74, 6) is -1.38. The normalized spacial score (nSPS) is 18.6. The van der Waals surface area contributed by atoms with Gasteiger partial charge in [-0.3, -0.25) is 20.2 Å². The molecule has 2 atom stereocenters. The molecule has 10 heteroatoms. The van der Waals surface area contributed by atoms with Crippen molar-refractivity contribution >= 4 is 23.6 Å². The molecule has 1 aliphatic rings. The third-order valence-electron chi connectivity index (χ3n) is 4.63. The highest BCUT2D eigenvalue weighted by Crippen LogP contribution is 2.25. The summed E-state index contributed by atoms with van der Waals surface area (Å²) in [5, 5.41) is 15.7. The Bertz CT molecular complexity index is 766. The van der Waals surface area contributed by atoms with Gasteiger partial charge < -0.3 is 14.8 Å². The van der Waals surface area contributed by atoms with Gasteiger partial charge in [0.25, 0.3) is 11.6 Å². The molecule has 152 valence electrons. The number of carbonyl (C=O) groups is 3. The van der Waals surface area contributed by atoms with Crippen LogP contribution in [0.5, 0.6) is 5.75 Å². The lowest BCUT2D eigenvalue weighted by atomic mass is 9.86. The van der Waals surface area contributed by atoms with Gasteiger partial charge in [0.05, 0.1) is 12.0 Å². The number of methoxy groups -OCH3 is 1. The van der Waals surface area contributed by atoms with E-state index in [2.05, 4.69) is 10.6 Å². The standard InChI is InChI=1S/C18H23N3O7/c1-11-5-3-4-6-14(11)19-18(24)20-16(22)10-28-17(23)13-9-12(21(25)26)7-8-15(13)27-2/h7-9,11,14H,3-6,10H2,1-2H3,(H2,19,20,22,24). The van der Waals surface area contributed by atoms with Crippen LogP contribution in [0.4, 0.5) is 10.5 Å². The third-order valence-corrected chi connectivity index (χ3v) is 4.63. The highest BCUT2D eigenvalue weighted by molar-refractivity contribution is 5.98. The van der Waals surface area contributed by atoms with E-state index in [1.54, 1.807) is 0 Å². The molecule has 0 heterocycles. The fraction of sp³-hybridized carbons (Fsp3) is 0.500. The summed E-state index contributed by atoms with van der Waals surface area (Å²) in [7, 11) is 1.29. The second kappa shape index (κ2) is 9.67. The number of benzene rings is 1. The number of nitrogens with zero attached hydrogens (tertiary/aromatic N) is 1.